The van der Waals surface area contributed by atoms with Gasteiger partial charge in [0.1, 0.15) is 11.7 Å². The maximum absolute atomic E-state index is 13.3. The Labute approximate surface area is 120 Å². The third-order valence-corrected chi connectivity index (χ3v) is 3.91. The van der Waals surface area contributed by atoms with Gasteiger partial charge in [0, 0.05) is 12.0 Å². The fourth-order valence-electron chi connectivity index (χ4n) is 2.49. The molecule has 0 heterocycles. The number of amides is 1. The second-order valence-electron chi connectivity index (χ2n) is 4.74. The summed E-state index contributed by atoms with van der Waals surface area (Å²) >= 11 is 5.78. The molecule has 2 unspecified atom stereocenters. The smallest absolute Gasteiger partial charge is 0.253 e. The van der Waals surface area contributed by atoms with Crippen LogP contribution in [0.4, 0.5) is 4.39 Å². The predicted octanol–water partition coefficient (Wildman–Crippen LogP) is 2.12. The van der Waals surface area contributed by atoms with Crippen LogP contribution in [0.2, 0.25) is 5.02 Å². The number of oxime groups is 1. The molecular formula is C13H15ClFN3O2. The zero-order valence-corrected chi connectivity index (χ0v) is 11.4. The zero-order valence-electron chi connectivity index (χ0n) is 10.6. The van der Waals surface area contributed by atoms with Crippen molar-refractivity contribution in [2.24, 2.45) is 16.8 Å². The molecule has 1 amide bonds. The van der Waals surface area contributed by atoms with Gasteiger partial charge in [-0.2, -0.15) is 0 Å². The summed E-state index contributed by atoms with van der Waals surface area (Å²) in [5.74, 6) is -1.22. The molecule has 2 rings (SSSR count). The summed E-state index contributed by atoms with van der Waals surface area (Å²) in [6.45, 7) is 0. The van der Waals surface area contributed by atoms with Crippen molar-refractivity contribution in [3.63, 3.8) is 0 Å². The molecule has 0 bridgehead atoms. The zero-order chi connectivity index (χ0) is 14.7. The monoisotopic (exact) mass is 299 g/mol. The van der Waals surface area contributed by atoms with Gasteiger partial charge in [-0.25, -0.2) is 4.39 Å². The van der Waals surface area contributed by atoms with Crippen molar-refractivity contribution in [3.8, 4) is 0 Å². The Hall–Kier alpha value is -1.82. The first-order valence-electron chi connectivity index (χ1n) is 6.27. The third-order valence-electron chi connectivity index (χ3n) is 3.52. The molecule has 0 saturated heterocycles. The van der Waals surface area contributed by atoms with Crippen LogP contribution in [0.1, 0.15) is 29.6 Å². The van der Waals surface area contributed by atoms with Crippen molar-refractivity contribution < 1.29 is 14.4 Å². The van der Waals surface area contributed by atoms with E-state index in [0.717, 1.165) is 19.3 Å². The maximum Gasteiger partial charge on any atom is 0.253 e. The SMILES string of the molecule is N/C(=N/O)C1CCCC1NC(=O)c1cccc(F)c1Cl. The second-order valence-corrected chi connectivity index (χ2v) is 5.12. The molecule has 4 N–H and O–H groups in total. The number of hydrogen-bond donors (Lipinski definition) is 3. The Balaban J connectivity index is 2.13. The highest BCUT2D eigenvalue weighted by atomic mass is 35.5. The summed E-state index contributed by atoms with van der Waals surface area (Å²) < 4.78 is 13.3. The molecule has 0 aromatic heterocycles. The number of rotatable bonds is 3. The first-order chi connectivity index (χ1) is 9.54. The summed E-state index contributed by atoms with van der Waals surface area (Å²) in [5.41, 5.74) is 5.68. The number of nitrogens with zero attached hydrogens (tertiary/aromatic N) is 1. The minimum absolute atomic E-state index is 0.0804. The van der Waals surface area contributed by atoms with E-state index in [4.69, 9.17) is 22.5 Å². The average molecular weight is 300 g/mol. The number of carbonyl (C=O) groups is 1. The van der Waals surface area contributed by atoms with Crippen molar-refractivity contribution in [2.45, 2.75) is 25.3 Å². The second kappa shape index (κ2) is 6.09. The van der Waals surface area contributed by atoms with Gasteiger partial charge in [0.05, 0.1) is 10.6 Å². The van der Waals surface area contributed by atoms with Crippen molar-refractivity contribution >= 4 is 23.3 Å². The van der Waals surface area contributed by atoms with Gasteiger partial charge in [-0.05, 0) is 25.0 Å². The Morgan fingerprint density at radius 3 is 2.95 bits per heavy atom. The van der Waals surface area contributed by atoms with Gasteiger partial charge in [0.15, 0.2) is 0 Å². The van der Waals surface area contributed by atoms with Crippen molar-refractivity contribution in [2.75, 3.05) is 0 Å². The Bertz CT molecular complexity index is 550. The van der Waals surface area contributed by atoms with Crippen LogP contribution in [0.15, 0.2) is 23.4 Å². The summed E-state index contributed by atoms with van der Waals surface area (Å²) in [4.78, 5) is 12.1. The molecule has 0 radical (unpaired) electrons. The Kier molecular flexibility index (Phi) is 4.44. The van der Waals surface area contributed by atoms with Crippen LogP contribution in [0.25, 0.3) is 0 Å². The van der Waals surface area contributed by atoms with E-state index in [-0.39, 0.29) is 28.4 Å². The fourth-order valence-corrected chi connectivity index (χ4v) is 2.70. The highest BCUT2D eigenvalue weighted by Gasteiger charge is 2.32. The molecular weight excluding hydrogens is 285 g/mol. The van der Waals surface area contributed by atoms with Crippen molar-refractivity contribution in [1.29, 1.82) is 0 Å². The lowest BCUT2D eigenvalue weighted by molar-refractivity contribution is 0.0933. The van der Waals surface area contributed by atoms with Crippen LogP contribution < -0.4 is 11.1 Å². The molecule has 1 aromatic rings. The summed E-state index contributed by atoms with van der Waals surface area (Å²) in [7, 11) is 0. The summed E-state index contributed by atoms with van der Waals surface area (Å²) in [5, 5.41) is 14.3. The lowest BCUT2D eigenvalue weighted by Crippen LogP contribution is -2.42. The molecule has 1 saturated carbocycles. The van der Waals surface area contributed by atoms with Crippen LogP contribution >= 0.6 is 11.6 Å². The molecule has 5 nitrogen and oxygen atoms in total. The standard InChI is InChI=1S/C13H15ClFN3O2/c14-11-8(4-1-5-9(11)15)13(19)17-10-6-2-3-7(10)12(16)18-20/h1,4-5,7,10,20H,2-3,6H2,(H2,16,18)(H,17,19). The maximum atomic E-state index is 13.3. The molecule has 2 atom stereocenters. The van der Waals surface area contributed by atoms with E-state index in [0.29, 0.717) is 0 Å². The van der Waals surface area contributed by atoms with E-state index >= 15 is 0 Å². The lowest BCUT2D eigenvalue weighted by atomic mass is 10.0. The van der Waals surface area contributed by atoms with Gasteiger partial charge >= 0.3 is 0 Å². The van der Waals surface area contributed by atoms with Gasteiger partial charge < -0.3 is 16.3 Å². The van der Waals surface area contributed by atoms with Crippen molar-refractivity contribution in [1.82, 2.24) is 5.32 Å². The third kappa shape index (κ3) is 2.85. The molecule has 1 fully saturated rings. The summed E-state index contributed by atoms with van der Waals surface area (Å²) in [6, 6.07) is 3.83. The number of halogens is 2. The van der Waals surface area contributed by atoms with E-state index in [2.05, 4.69) is 10.5 Å². The van der Waals surface area contributed by atoms with Gasteiger partial charge in [-0.3, -0.25) is 4.79 Å². The number of nitrogens with two attached hydrogens (primary N) is 1. The Morgan fingerprint density at radius 2 is 2.25 bits per heavy atom. The quantitative estimate of drug-likeness (QED) is 0.346. The van der Waals surface area contributed by atoms with Crippen LogP contribution in [0.5, 0.6) is 0 Å². The van der Waals surface area contributed by atoms with Gasteiger partial charge in [0.2, 0.25) is 0 Å². The van der Waals surface area contributed by atoms with Gasteiger partial charge in [-0.1, -0.05) is 29.2 Å². The number of amidine groups is 1. The number of benzene rings is 1. The molecule has 1 aliphatic rings. The molecule has 0 aliphatic heterocycles. The van der Waals surface area contributed by atoms with Crippen molar-refractivity contribution in [3.05, 3.63) is 34.6 Å². The van der Waals surface area contributed by atoms with E-state index in [1.165, 1.54) is 18.2 Å². The molecule has 108 valence electrons. The van der Waals surface area contributed by atoms with E-state index < -0.39 is 11.7 Å². The first kappa shape index (κ1) is 14.6. The van der Waals surface area contributed by atoms with Gasteiger partial charge in [-0.15, -0.1) is 0 Å². The van der Waals surface area contributed by atoms with Crippen LogP contribution in [-0.2, 0) is 0 Å². The highest BCUT2D eigenvalue weighted by Crippen LogP contribution is 2.27. The fraction of sp³-hybridized carbons (Fsp3) is 0.385. The van der Waals surface area contributed by atoms with Crippen LogP contribution in [0.3, 0.4) is 0 Å². The summed E-state index contributed by atoms with van der Waals surface area (Å²) in [6.07, 6.45) is 2.32. The molecule has 20 heavy (non-hydrogen) atoms. The minimum Gasteiger partial charge on any atom is -0.409 e. The van der Waals surface area contributed by atoms with E-state index in [9.17, 15) is 9.18 Å². The largest absolute Gasteiger partial charge is 0.409 e. The molecule has 1 aromatic carbocycles. The normalized spacial score (nSPS) is 22.8. The topological polar surface area (TPSA) is 87.7 Å². The highest BCUT2D eigenvalue weighted by molar-refractivity contribution is 6.34. The Morgan fingerprint density at radius 1 is 1.50 bits per heavy atom. The number of hydrogen-bond acceptors (Lipinski definition) is 3. The molecule has 0 spiro atoms. The van der Waals surface area contributed by atoms with Crippen LogP contribution in [-0.4, -0.2) is 23.0 Å². The van der Waals surface area contributed by atoms with Gasteiger partial charge in [0.25, 0.3) is 5.91 Å². The minimum atomic E-state index is -0.640. The molecule has 7 heteroatoms. The van der Waals surface area contributed by atoms with E-state index in [1.54, 1.807) is 0 Å². The predicted molar refractivity (Wildman–Crippen MR) is 73.4 cm³/mol. The number of carbonyl (C=O) groups excluding carboxylic acids is 1. The average Bonchev–Trinajstić information content (AvgIpc) is 2.89. The van der Waals surface area contributed by atoms with Crippen LogP contribution in [0, 0.1) is 11.7 Å². The number of nitrogens with one attached hydrogen (secondary N) is 1. The molecule has 1 aliphatic carbocycles. The van der Waals surface area contributed by atoms with E-state index in [1.807, 2.05) is 0 Å². The lowest BCUT2D eigenvalue weighted by Gasteiger charge is -2.20. The first-order valence-corrected chi connectivity index (χ1v) is 6.64.